The zero-order valence-corrected chi connectivity index (χ0v) is 22.8. The van der Waals surface area contributed by atoms with Gasteiger partial charge in [0.1, 0.15) is 6.33 Å². The number of benzene rings is 2. The van der Waals surface area contributed by atoms with Crippen molar-refractivity contribution in [1.29, 1.82) is 0 Å². The van der Waals surface area contributed by atoms with E-state index in [2.05, 4.69) is 85.9 Å². The average Bonchev–Trinajstić information content (AvgIpc) is 3.39. The molecule has 9 heteroatoms. The molecule has 0 amide bonds. The Balaban J connectivity index is 1.20. The highest BCUT2D eigenvalue weighted by Crippen LogP contribution is 2.36. The molecule has 0 radical (unpaired) electrons. The van der Waals surface area contributed by atoms with Crippen LogP contribution in [-0.2, 0) is 9.31 Å². The SMILES string of the molecule is CCC(C)n1ncn(-c2ccc(N3CCN(c4ccc(B5OC(C)(C)C(C)(C)O5)cc4)CC3)cc2)c1=O. The van der Waals surface area contributed by atoms with E-state index in [1.54, 1.807) is 15.6 Å². The molecule has 1 atom stereocenters. The third-order valence-electron chi connectivity index (χ3n) is 8.26. The average molecular weight is 503 g/mol. The lowest BCUT2D eigenvalue weighted by molar-refractivity contribution is 0.00578. The zero-order valence-electron chi connectivity index (χ0n) is 22.8. The summed E-state index contributed by atoms with van der Waals surface area (Å²) in [6, 6.07) is 16.9. The van der Waals surface area contributed by atoms with Crippen molar-refractivity contribution in [3.8, 4) is 5.69 Å². The molecule has 2 aromatic carbocycles. The molecule has 8 nitrogen and oxygen atoms in total. The van der Waals surface area contributed by atoms with Crippen LogP contribution in [0.5, 0.6) is 0 Å². The number of hydrogen-bond donors (Lipinski definition) is 0. The van der Waals surface area contributed by atoms with Crippen LogP contribution in [0.15, 0.2) is 59.7 Å². The third kappa shape index (κ3) is 4.82. The number of rotatable bonds is 6. The van der Waals surface area contributed by atoms with Crippen LogP contribution in [-0.4, -0.2) is 58.8 Å². The molecule has 0 N–H and O–H groups in total. The van der Waals surface area contributed by atoms with Crippen LogP contribution in [0.4, 0.5) is 11.4 Å². The molecule has 1 unspecified atom stereocenters. The fourth-order valence-corrected chi connectivity index (χ4v) is 4.84. The highest BCUT2D eigenvalue weighted by Gasteiger charge is 2.51. The molecular weight excluding hydrogens is 465 g/mol. The summed E-state index contributed by atoms with van der Waals surface area (Å²) in [7, 11) is -0.334. The monoisotopic (exact) mass is 503 g/mol. The predicted molar refractivity (Wildman–Crippen MR) is 149 cm³/mol. The summed E-state index contributed by atoms with van der Waals surface area (Å²) in [5, 5.41) is 4.29. The Morgan fingerprint density at radius 3 is 1.78 bits per heavy atom. The molecule has 2 saturated heterocycles. The van der Waals surface area contributed by atoms with Crippen LogP contribution in [0.3, 0.4) is 0 Å². The summed E-state index contributed by atoms with van der Waals surface area (Å²) in [6.07, 6.45) is 2.48. The van der Waals surface area contributed by atoms with E-state index in [-0.39, 0.29) is 30.1 Å². The van der Waals surface area contributed by atoms with E-state index in [0.717, 1.165) is 43.8 Å². The first-order valence-electron chi connectivity index (χ1n) is 13.3. The van der Waals surface area contributed by atoms with Crippen LogP contribution in [0.2, 0.25) is 0 Å². The van der Waals surface area contributed by atoms with E-state index < -0.39 is 0 Å². The Kier molecular flexibility index (Phi) is 6.70. The van der Waals surface area contributed by atoms with Crippen molar-refractivity contribution in [2.45, 2.75) is 65.2 Å². The molecule has 1 aromatic heterocycles. The third-order valence-corrected chi connectivity index (χ3v) is 8.26. The first kappa shape index (κ1) is 25.6. The molecule has 3 heterocycles. The number of aromatic nitrogens is 3. The summed E-state index contributed by atoms with van der Waals surface area (Å²) in [5.74, 6) is 0. The Labute approximate surface area is 219 Å². The molecule has 2 aliphatic rings. The maximum absolute atomic E-state index is 12.7. The van der Waals surface area contributed by atoms with Gasteiger partial charge in [-0.05, 0) is 82.9 Å². The van der Waals surface area contributed by atoms with Crippen LogP contribution >= 0.6 is 0 Å². The molecule has 37 heavy (non-hydrogen) atoms. The zero-order chi connectivity index (χ0) is 26.4. The van der Waals surface area contributed by atoms with Crippen molar-refractivity contribution in [2.24, 2.45) is 0 Å². The number of nitrogens with zero attached hydrogens (tertiary/aromatic N) is 5. The Hall–Kier alpha value is -3.04. The van der Waals surface area contributed by atoms with Crippen molar-refractivity contribution in [1.82, 2.24) is 14.3 Å². The van der Waals surface area contributed by atoms with E-state index in [0.29, 0.717) is 0 Å². The fraction of sp³-hybridized carbons (Fsp3) is 0.500. The van der Waals surface area contributed by atoms with Gasteiger partial charge in [-0.15, -0.1) is 0 Å². The van der Waals surface area contributed by atoms with Gasteiger partial charge < -0.3 is 19.1 Å². The molecule has 0 spiro atoms. The van der Waals surface area contributed by atoms with Crippen molar-refractivity contribution in [2.75, 3.05) is 36.0 Å². The van der Waals surface area contributed by atoms with E-state index >= 15 is 0 Å². The molecule has 5 rings (SSSR count). The second-order valence-corrected chi connectivity index (χ2v) is 11.2. The van der Waals surface area contributed by atoms with E-state index in [4.69, 9.17) is 9.31 Å². The van der Waals surface area contributed by atoms with Crippen LogP contribution in [0.1, 0.15) is 54.0 Å². The summed E-state index contributed by atoms with van der Waals surface area (Å²) < 4.78 is 15.5. The standard InChI is InChI=1S/C28H38BN5O3/c1-7-21(2)34-26(35)33(20-30-34)25-14-12-24(13-15-25)32-18-16-31(17-19-32)23-10-8-22(9-11-23)29-36-27(3,4)28(5,6)37-29/h8-15,20-21H,7,16-19H2,1-6H3. The largest absolute Gasteiger partial charge is 0.494 e. The highest BCUT2D eigenvalue weighted by atomic mass is 16.7. The lowest BCUT2D eigenvalue weighted by Gasteiger charge is -2.37. The molecule has 2 fully saturated rings. The summed E-state index contributed by atoms with van der Waals surface area (Å²) in [4.78, 5) is 17.5. The summed E-state index contributed by atoms with van der Waals surface area (Å²) in [6.45, 7) is 16.1. The molecular formula is C28H38BN5O3. The van der Waals surface area contributed by atoms with Gasteiger partial charge in [-0.1, -0.05) is 19.1 Å². The van der Waals surface area contributed by atoms with Gasteiger partial charge in [-0.3, -0.25) is 0 Å². The molecule has 2 aliphatic heterocycles. The highest BCUT2D eigenvalue weighted by molar-refractivity contribution is 6.62. The van der Waals surface area contributed by atoms with E-state index in [1.165, 1.54) is 11.4 Å². The van der Waals surface area contributed by atoms with Crippen molar-refractivity contribution in [3.63, 3.8) is 0 Å². The smallest absolute Gasteiger partial charge is 0.399 e. The second kappa shape index (κ2) is 9.69. The van der Waals surface area contributed by atoms with Gasteiger partial charge in [0, 0.05) is 37.6 Å². The van der Waals surface area contributed by atoms with Gasteiger partial charge >= 0.3 is 12.8 Å². The van der Waals surface area contributed by atoms with Gasteiger partial charge in [0.05, 0.1) is 22.9 Å². The first-order chi connectivity index (χ1) is 17.6. The van der Waals surface area contributed by atoms with E-state index in [9.17, 15) is 4.79 Å². The normalized spacial score (nSPS) is 19.9. The van der Waals surface area contributed by atoms with E-state index in [1.807, 2.05) is 19.1 Å². The number of hydrogen-bond acceptors (Lipinski definition) is 6. The minimum atomic E-state index is -0.337. The molecule has 3 aromatic rings. The van der Waals surface area contributed by atoms with Crippen molar-refractivity contribution < 1.29 is 9.31 Å². The topological polar surface area (TPSA) is 64.8 Å². The van der Waals surface area contributed by atoms with Crippen molar-refractivity contribution in [3.05, 3.63) is 65.3 Å². The Bertz CT molecular complexity index is 1260. The van der Waals surface area contributed by atoms with Gasteiger partial charge in [-0.25, -0.2) is 14.0 Å². The predicted octanol–water partition coefficient (Wildman–Crippen LogP) is 3.63. The molecule has 0 saturated carbocycles. The number of anilines is 2. The lowest BCUT2D eigenvalue weighted by Crippen LogP contribution is -2.46. The van der Waals surface area contributed by atoms with Crippen molar-refractivity contribution >= 4 is 24.0 Å². The van der Waals surface area contributed by atoms with Gasteiger partial charge in [0.25, 0.3) is 0 Å². The van der Waals surface area contributed by atoms with Gasteiger partial charge in [0.2, 0.25) is 0 Å². The quantitative estimate of drug-likeness (QED) is 0.479. The Morgan fingerprint density at radius 1 is 0.838 bits per heavy atom. The van der Waals surface area contributed by atoms with Crippen LogP contribution in [0, 0.1) is 0 Å². The lowest BCUT2D eigenvalue weighted by atomic mass is 9.79. The number of piperazine rings is 1. The maximum atomic E-state index is 12.7. The fourth-order valence-electron chi connectivity index (χ4n) is 4.84. The first-order valence-corrected chi connectivity index (χ1v) is 13.3. The second-order valence-electron chi connectivity index (χ2n) is 11.2. The van der Waals surface area contributed by atoms with Gasteiger partial charge in [-0.2, -0.15) is 5.10 Å². The van der Waals surface area contributed by atoms with Gasteiger partial charge in [0.15, 0.2) is 0 Å². The summed E-state index contributed by atoms with van der Waals surface area (Å²) >= 11 is 0. The maximum Gasteiger partial charge on any atom is 0.494 e. The molecule has 0 bridgehead atoms. The molecule has 0 aliphatic carbocycles. The minimum Gasteiger partial charge on any atom is -0.399 e. The van der Waals surface area contributed by atoms with Crippen LogP contribution in [0.25, 0.3) is 5.69 Å². The Morgan fingerprint density at radius 2 is 1.30 bits per heavy atom. The van der Waals surface area contributed by atoms with Crippen LogP contribution < -0.4 is 21.0 Å². The summed E-state index contributed by atoms with van der Waals surface area (Å²) in [5.41, 5.74) is 3.50. The molecule has 196 valence electrons. The minimum absolute atomic E-state index is 0.0872.